The summed E-state index contributed by atoms with van der Waals surface area (Å²) >= 11 is 0. The van der Waals surface area contributed by atoms with Crippen LogP contribution in [0.4, 0.5) is 0 Å². The first-order valence-electron chi connectivity index (χ1n) is 22.2. The van der Waals surface area contributed by atoms with Crippen molar-refractivity contribution in [3.8, 4) is 0 Å². The third kappa shape index (κ3) is 28.7. The van der Waals surface area contributed by atoms with Gasteiger partial charge in [0, 0.05) is 0 Å². The van der Waals surface area contributed by atoms with Crippen LogP contribution in [0.25, 0.3) is 0 Å². The first-order chi connectivity index (χ1) is 27.9. The quantitative estimate of drug-likeness (QED) is 0.0432. The Bertz CT molecular complexity index is 1560. The van der Waals surface area contributed by atoms with Crippen LogP contribution in [-0.4, -0.2) is 52.9 Å². The lowest BCUT2D eigenvalue weighted by atomic mass is 10.0. The molecule has 1 unspecified atom stereocenters. The van der Waals surface area contributed by atoms with Crippen molar-refractivity contribution in [1.82, 2.24) is 0 Å². The fourth-order valence-electron chi connectivity index (χ4n) is 6.57. The Morgan fingerprint density at radius 1 is 0.525 bits per heavy atom. The molecular formula is C50H84NO7P. The minimum atomic E-state index is -4.51. The Hall–Kier alpha value is -2.39. The fraction of sp³-hybridized carbons (Fsp3) is 0.640. The van der Waals surface area contributed by atoms with E-state index < -0.39 is 32.4 Å². The molecule has 0 aromatic rings. The van der Waals surface area contributed by atoms with E-state index in [9.17, 15) is 19.7 Å². The number of nitrogens with two attached hydrogens (primary N) is 1. The normalized spacial score (nSPS) is 21.9. The minimum absolute atomic E-state index is 0.115. The second kappa shape index (κ2) is 31.5. The lowest BCUT2D eigenvalue weighted by Crippen LogP contribution is -2.56. The Morgan fingerprint density at radius 3 is 1.12 bits per heavy atom. The second-order valence-electron chi connectivity index (χ2n) is 17.2. The van der Waals surface area contributed by atoms with Gasteiger partial charge in [0.15, 0.2) is 6.29 Å². The summed E-state index contributed by atoms with van der Waals surface area (Å²) in [7, 11) is -4.51. The summed E-state index contributed by atoms with van der Waals surface area (Å²) in [5.41, 5.74) is 18.3. The number of aliphatic hydroxyl groups excluding tert-OH is 2. The second-order valence-corrected chi connectivity index (χ2v) is 18.6. The van der Waals surface area contributed by atoms with Crippen LogP contribution in [0.1, 0.15) is 172 Å². The van der Waals surface area contributed by atoms with Crippen molar-refractivity contribution in [3.05, 3.63) is 105 Å². The van der Waals surface area contributed by atoms with Crippen molar-refractivity contribution in [2.45, 2.75) is 197 Å². The summed E-state index contributed by atoms with van der Waals surface area (Å²) in [6.45, 7) is 21.8. The van der Waals surface area contributed by atoms with E-state index in [4.69, 9.17) is 19.5 Å². The van der Waals surface area contributed by atoms with Crippen LogP contribution in [-0.2, 0) is 18.3 Å². The molecule has 8 nitrogen and oxygen atoms in total. The van der Waals surface area contributed by atoms with Gasteiger partial charge in [-0.3, -0.25) is 9.05 Å². The maximum absolute atomic E-state index is 12.3. The molecule has 1 rings (SSSR count). The Balaban J connectivity index is 2.25. The summed E-state index contributed by atoms with van der Waals surface area (Å²) in [4.78, 5) is 9.99. The predicted octanol–water partition coefficient (Wildman–Crippen LogP) is 13.3. The highest BCUT2D eigenvalue weighted by Gasteiger charge is 2.41. The van der Waals surface area contributed by atoms with Crippen molar-refractivity contribution in [1.29, 1.82) is 0 Å². The van der Waals surface area contributed by atoms with Gasteiger partial charge >= 0.3 is 7.82 Å². The molecule has 5 atom stereocenters. The Labute approximate surface area is 360 Å². The van der Waals surface area contributed by atoms with Gasteiger partial charge in [0.2, 0.25) is 0 Å². The number of allylic oxidation sites excluding steroid dienone is 17. The molecular weight excluding hydrogens is 758 g/mol. The van der Waals surface area contributed by atoms with E-state index in [-0.39, 0.29) is 13.2 Å². The third-order valence-electron chi connectivity index (χ3n) is 10.7. The molecule has 0 amide bonds. The van der Waals surface area contributed by atoms with Crippen LogP contribution < -0.4 is 5.73 Å². The van der Waals surface area contributed by atoms with Crippen LogP contribution in [0.2, 0.25) is 0 Å². The SMILES string of the molecule is CC(C)=CCC/C(C)=C/CC/C(C)=C/CC/C(C)=C/CC/C(C)=C\CC/C(C)=C\CC/C(C)=C\CC/C(C)=C/CC/C(C)=C/COP(=O)(O)O[C@@H]1OC[C@H](N)[C@H](O)[C@H]1O. The zero-order chi connectivity index (χ0) is 44.2. The molecule has 0 bridgehead atoms. The van der Waals surface area contributed by atoms with E-state index >= 15 is 0 Å². The maximum Gasteiger partial charge on any atom is 0.474 e. The van der Waals surface area contributed by atoms with Gasteiger partial charge in [-0.05, 0) is 172 Å². The van der Waals surface area contributed by atoms with Crippen LogP contribution in [0.5, 0.6) is 0 Å². The largest absolute Gasteiger partial charge is 0.474 e. The number of hydrogen-bond donors (Lipinski definition) is 4. The van der Waals surface area contributed by atoms with Gasteiger partial charge < -0.3 is 25.6 Å². The zero-order valence-corrected chi connectivity index (χ0v) is 39.6. The zero-order valence-electron chi connectivity index (χ0n) is 38.7. The third-order valence-corrected chi connectivity index (χ3v) is 11.7. The van der Waals surface area contributed by atoms with Gasteiger partial charge in [-0.1, -0.05) is 105 Å². The van der Waals surface area contributed by atoms with Gasteiger partial charge in [-0.2, -0.15) is 0 Å². The molecule has 1 saturated heterocycles. The highest BCUT2D eigenvalue weighted by atomic mass is 31.2. The fourth-order valence-corrected chi connectivity index (χ4v) is 7.35. The highest BCUT2D eigenvalue weighted by Crippen LogP contribution is 2.46. The molecule has 336 valence electrons. The number of phosphoric acid groups is 1. The highest BCUT2D eigenvalue weighted by molar-refractivity contribution is 7.47. The molecule has 0 saturated carbocycles. The van der Waals surface area contributed by atoms with Crippen LogP contribution >= 0.6 is 7.82 Å². The van der Waals surface area contributed by atoms with Crippen molar-refractivity contribution in [2.24, 2.45) is 5.73 Å². The van der Waals surface area contributed by atoms with E-state index in [1.165, 1.54) is 51.0 Å². The summed E-state index contributed by atoms with van der Waals surface area (Å²) in [5, 5.41) is 19.8. The molecule has 59 heavy (non-hydrogen) atoms. The van der Waals surface area contributed by atoms with Crippen molar-refractivity contribution >= 4 is 7.82 Å². The lowest BCUT2D eigenvalue weighted by Gasteiger charge is -2.35. The molecule has 0 radical (unpaired) electrons. The molecule has 1 fully saturated rings. The van der Waals surface area contributed by atoms with Crippen LogP contribution in [0.15, 0.2) is 105 Å². The number of ether oxygens (including phenoxy) is 1. The Kier molecular flexibility index (Phi) is 29.1. The number of hydrogen-bond acceptors (Lipinski definition) is 7. The topological polar surface area (TPSA) is 131 Å². The monoisotopic (exact) mass is 842 g/mol. The summed E-state index contributed by atoms with van der Waals surface area (Å²) in [6, 6.07) is -0.805. The van der Waals surface area contributed by atoms with Crippen LogP contribution in [0.3, 0.4) is 0 Å². The van der Waals surface area contributed by atoms with Crippen LogP contribution in [0, 0.1) is 0 Å². The van der Waals surface area contributed by atoms with Crippen molar-refractivity contribution in [2.75, 3.05) is 13.2 Å². The van der Waals surface area contributed by atoms with Crippen molar-refractivity contribution < 1.29 is 33.5 Å². The smallest absolute Gasteiger partial charge is 0.388 e. The molecule has 1 aliphatic heterocycles. The molecule has 0 aromatic heterocycles. The average Bonchev–Trinajstić information content (AvgIpc) is 3.15. The molecule has 0 aromatic carbocycles. The van der Waals surface area contributed by atoms with E-state index in [2.05, 4.69) is 111 Å². The molecule has 0 spiro atoms. The Morgan fingerprint density at radius 2 is 0.814 bits per heavy atom. The van der Waals surface area contributed by atoms with E-state index in [1.54, 1.807) is 6.08 Å². The minimum Gasteiger partial charge on any atom is -0.388 e. The number of aliphatic hydroxyl groups is 2. The van der Waals surface area contributed by atoms with Gasteiger partial charge in [0.25, 0.3) is 0 Å². The van der Waals surface area contributed by atoms with Gasteiger partial charge in [0.1, 0.15) is 12.2 Å². The van der Waals surface area contributed by atoms with E-state index in [1.807, 2.05) is 6.92 Å². The molecule has 5 N–H and O–H groups in total. The molecule has 9 heteroatoms. The summed E-state index contributed by atoms with van der Waals surface area (Å²) in [6.07, 6.45) is 33.7. The summed E-state index contributed by atoms with van der Waals surface area (Å²) < 4.78 is 27.3. The number of rotatable bonds is 29. The maximum atomic E-state index is 12.3. The average molecular weight is 842 g/mol. The van der Waals surface area contributed by atoms with Crippen molar-refractivity contribution in [3.63, 3.8) is 0 Å². The van der Waals surface area contributed by atoms with Gasteiger partial charge in [-0.15, -0.1) is 0 Å². The predicted molar refractivity (Wildman–Crippen MR) is 250 cm³/mol. The molecule has 1 heterocycles. The first kappa shape index (κ1) is 54.6. The summed E-state index contributed by atoms with van der Waals surface area (Å²) in [5.74, 6) is 0. The van der Waals surface area contributed by atoms with Gasteiger partial charge in [-0.25, -0.2) is 4.57 Å². The lowest BCUT2D eigenvalue weighted by molar-refractivity contribution is -0.219. The van der Waals surface area contributed by atoms with E-state index in [0.717, 1.165) is 102 Å². The number of phosphoric ester groups is 1. The first-order valence-corrected chi connectivity index (χ1v) is 23.7. The van der Waals surface area contributed by atoms with E-state index in [0.29, 0.717) is 0 Å². The standard InChI is InChI=1S/C50H84NO7P/c1-38(2)19-11-20-39(3)21-12-22-40(4)23-13-24-41(5)25-14-26-42(6)27-15-28-43(7)29-16-30-44(8)31-17-32-45(9)33-18-34-46(10)35-36-57-59(54,55)58-50-49(53)48(52)47(51)37-56-50/h19,21,23,25,27,29,31,33,35,47-50,52-53H,11-18,20,22,24,26,28,30,32,34,36-37,51H2,1-10H3,(H,54,55)/b39-21+,40-23+,41-25+,42-27-,43-29-,44-31-,45-33+,46-35+/t47-,48-,49+,50-/m0/s1. The molecule has 1 aliphatic rings. The molecule has 0 aliphatic carbocycles. The van der Waals surface area contributed by atoms with Gasteiger partial charge in [0.05, 0.1) is 19.3 Å².